The van der Waals surface area contributed by atoms with E-state index in [0.29, 0.717) is 23.5 Å². The molecule has 0 aliphatic carbocycles. The fraction of sp³-hybridized carbons (Fsp3) is 0.172. The van der Waals surface area contributed by atoms with Gasteiger partial charge in [-0.25, -0.2) is 4.39 Å². The van der Waals surface area contributed by atoms with Gasteiger partial charge in [-0.15, -0.1) is 0 Å². The maximum Gasteiger partial charge on any atom is 0.295 e. The van der Waals surface area contributed by atoms with Gasteiger partial charge in [0, 0.05) is 40.8 Å². The number of aliphatic hydroxyl groups excluding tert-OH is 1. The van der Waals surface area contributed by atoms with Gasteiger partial charge in [0.2, 0.25) is 0 Å². The maximum atomic E-state index is 13.5. The van der Waals surface area contributed by atoms with Crippen LogP contribution in [0, 0.1) is 5.82 Å². The van der Waals surface area contributed by atoms with E-state index in [2.05, 4.69) is 4.98 Å². The molecule has 1 unspecified atom stereocenters. The van der Waals surface area contributed by atoms with Crippen molar-refractivity contribution in [3.63, 3.8) is 0 Å². The molecule has 2 heterocycles. The number of methoxy groups -OCH3 is 2. The van der Waals surface area contributed by atoms with E-state index in [-0.39, 0.29) is 23.4 Å². The number of carbonyl (C=O) groups excluding carboxylic acids is 2. The number of likely N-dealkylation sites (tertiary alicyclic amines) is 1. The fourth-order valence-electron chi connectivity index (χ4n) is 4.82. The van der Waals surface area contributed by atoms with Crippen molar-refractivity contribution in [2.75, 3.05) is 20.8 Å². The van der Waals surface area contributed by atoms with Gasteiger partial charge in [0.15, 0.2) is 0 Å². The second-order valence-corrected chi connectivity index (χ2v) is 8.72. The van der Waals surface area contributed by atoms with E-state index in [4.69, 9.17) is 9.47 Å². The molecule has 1 amide bonds. The second-order valence-electron chi connectivity index (χ2n) is 8.72. The predicted molar refractivity (Wildman–Crippen MR) is 137 cm³/mol. The number of carbonyl (C=O) groups is 2. The highest BCUT2D eigenvalue weighted by atomic mass is 19.1. The molecular weight excluding hydrogens is 475 g/mol. The normalized spacial score (nSPS) is 16.9. The van der Waals surface area contributed by atoms with Crippen molar-refractivity contribution in [3.8, 4) is 11.5 Å². The SMILES string of the molecule is COc1ccc(C2C(=C(O)c3ccc(F)cc3)C(=O)C(=O)N2CCc2c[nH]c3ccccc23)c(OC)c1. The summed E-state index contributed by atoms with van der Waals surface area (Å²) >= 11 is 0. The Balaban J connectivity index is 1.61. The van der Waals surface area contributed by atoms with Gasteiger partial charge >= 0.3 is 0 Å². The number of hydrogen-bond acceptors (Lipinski definition) is 5. The molecule has 1 saturated heterocycles. The minimum absolute atomic E-state index is 0.0843. The van der Waals surface area contributed by atoms with Gasteiger partial charge in [0.25, 0.3) is 11.7 Å². The molecule has 1 aromatic heterocycles. The maximum absolute atomic E-state index is 13.5. The molecule has 8 heteroatoms. The molecule has 0 spiro atoms. The van der Waals surface area contributed by atoms with Crippen LogP contribution in [0.25, 0.3) is 16.7 Å². The number of rotatable bonds is 7. The number of aromatic amines is 1. The van der Waals surface area contributed by atoms with Crippen LogP contribution < -0.4 is 9.47 Å². The molecule has 1 aliphatic heterocycles. The summed E-state index contributed by atoms with van der Waals surface area (Å²) in [6, 6.07) is 17.1. The Labute approximate surface area is 212 Å². The molecule has 1 fully saturated rings. The Kier molecular flexibility index (Phi) is 6.40. The van der Waals surface area contributed by atoms with Crippen LogP contribution in [0.2, 0.25) is 0 Å². The summed E-state index contributed by atoms with van der Waals surface area (Å²) in [6.07, 6.45) is 2.37. The quantitative estimate of drug-likeness (QED) is 0.212. The second kappa shape index (κ2) is 9.81. The molecule has 1 atom stereocenters. The van der Waals surface area contributed by atoms with E-state index < -0.39 is 23.5 Å². The van der Waals surface area contributed by atoms with Crippen LogP contribution in [0.1, 0.15) is 22.7 Å². The number of fused-ring (bicyclic) bond motifs is 1. The van der Waals surface area contributed by atoms with Crippen LogP contribution in [-0.2, 0) is 16.0 Å². The number of aromatic nitrogens is 1. The molecule has 0 bridgehead atoms. The first kappa shape index (κ1) is 24.1. The lowest BCUT2D eigenvalue weighted by atomic mass is 9.94. The molecule has 188 valence electrons. The van der Waals surface area contributed by atoms with E-state index in [0.717, 1.165) is 16.5 Å². The highest BCUT2D eigenvalue weighted by molar-refractivity contribution is 6.46. The predicted octanol–water partition coefficient (Wildman–Crippen LogP) is 4.99. The minimum Gasteiger partial charge on any atom is -0.507 e. The number of ketones is 1. The number of Topliss-reactive ketones (excluding diaryl/α,β-unsaturated/α-hetero) is 1. The van der Waals surface area contributed by atoms with E-state index in [1.54, 1.807) is 18.2 Å². The van der Waals surface area contributed by atoms with Crippen molar-refractivity contribution in [3.05, 3.63) is 101 Å². The first-order valence-electron chi connectivity index (χ1n) is 11.7. The zero-order valence-electron chi connectivity index (χ0n) is 20.3. The molecule has 4 aromatic rings. The van der Waals surface area contributed by atoms with E-state index in [9.17, 15) is 19.1 Å². The third-order valence-electron chi connectivity index (χ3n) is 6.69. The third kappa shape index (κ3) is 4.31. The number of benzene rings is 3. The topological polar surface area (TPSA) is 91.9 Å². The number of nitrogens with one attached hydrogen (secondary N) is 1. The number of H-pyrrole nitrogens is 1. The smallest absolute Gasteiger partial charge is 0.295 e. The molecule has 2 N–H and O–H groups in total. The molecule has 5 rings (SSSR count). The van der Waals surface area contributed by atoms with Crippen LogP contribution in [0.5, 0.6) is 11.5 Å². The monoisotopic (exact) mass is 500 g/mol. The van der Waals surface area contributed by atoms with Gasteiger partial charge in [-0.2, -0.15) is 0 Å². The molecule has 0 radical (unpaired) electrons. The Morgan fingerprint density at radius 2 is 1.78 bits per heavy atom. The number of para-hydroxylation sites is 1. The van der Waals surface area contributed by atoms with Crippen LogP contribution >= 0.6 is 0 Å². The zero-order valence-corrected chi connectivity index (χ0v) is 20.3. The highest BCUT2D eigenvalue weighted by Gasteiger charge is 2.47. The van der Waals surface area contributed by atoms with Crippen LogP contribution in [0.4, 0.5) is 4.39 Å². The first-order chi connectivity index (χ1) is 17.9. The van der Waals surface area contributed by atoms with E-state index >= 15 is 0 Å². The Morgan fingerprint density at radius 1 is 1.03 bits per heavy atom. The molecular formula is C29H25FN2O5. The Hall–Kier alpha value is -4.59. The van der Waals surface area contributed by atoms with Gasteiger partial charge in [-0.1, -0.05) is 18.2 Å². The number of amides is 1. The van der Waals surface area contributed by atoms with Crippen LogP contribution in [-0.4, -0.2) is 47.4 Å². The lowest BCUT2D eigenvalue weighted by molar-refractivity contribution is -0.139. The lowest BCUT2D eigenvalue weighted by Crippen LogP contribution is -2.31. The van der Waals surface area contributed by atoms with Gasteiger partial charge in [0.1, 0.15) is 23.1 Å². The summed E-state index contributed by atoms with van der Waals surface area (Å²) in [5.74, 6) is -1.47. The van der Waals surface area contributed by atoms with Crippen molar-refractivity contribution < 1.29 is 28.6 Å². The first-order valence-corrected chi connectivity index (χ1v) is 11.7. The molecule has 1 aliphatic rings. The minimum atomic E-state index is -0.920. The van der Waals surface area contributed by atoms with Gasteiger partial charge in [-0.3, -0.25) is 9.59 Å². The van der Waals surface area contributed by atoms with Crippen molar-refractivity contribution >= 4 is 28.4 Å². The number of hydrogen-bond donors (Lipinski definition) is 2. The highest BCUT2D eigenvalue weighted by Crippen LogP contribution is 2.43. The van der Waals surface area contributed by atoms with Gasteiger partial charge < -0.3 is 24.5 Å². The van der Waals surface area contributed by atoms with Crippen LogP contribution in [0.3, 0.4) is 0 Å². The Morgan fingerprint density at radius 3 is 2.51 bits per heavy atom. The molecule has 37 heavy (non-hydrogen) atoms. The summed E-state index contributed by atoms with van der Waals surface area (Å²) in [5, 5.41) is 12.2. The fourth-order valence-corrected chi connectivity index (χ4v) is 4.82. The van der Waals surface area contributed by atoms with Gasteiger partial charge in [0.05, 0.1) is 25.8 Å². The average molecular weight is 501 g/mol. The Bertz CT molecular complexity index is 1520. The van der Waals surface area contributed by atoms with Gasteiger partial charge in [-0.05, 0) is 54.4 Å². The third-order valence-corrected chi connectivity index (χ3v) is 6.69. The number of nitrogens with zero attached hydrogens (tertiary/aromatic N) is 1. The number of halogens is 1. The van der Waals surface area contributed by atoms with Crippen molar-refractivity contribution in [2.45, 2.75) is 12.5 Å². The molecule has 3 aromatic carbocycles. The number of aliphatic hydroxyl groups is 1. The lowest BCUT2D eigenvalue weighted by Gasteiger charge is -2.27. The summed E-state index contributed by atoms with van der Waals surface area (Å²) in [7, 11) is 3.01. The average Bonchev–Trinajstić information content (AvgIpc) is 3.45. The van der Waals surface area contributed by atoms with E-state index in [1.807, 2.05) is 30.5 Å². The molecule has 0 saturated carbocycles. The summed E-state index contributed by atoms with van der Waals surface area (Å²) in [4.78, 5) is 31.3. The summed E-state index contributed by atoms with van der Waals surface area (Å²) in [5.41, 5.74) is 2.64. The van der Waals surface area contributed by atoms with Crippen LogP contribution in [0.15, 0.2) is 78.5 Å². The largest absolute Gasteiger partial charge is 0.507 e. The summed E-state index contributed by atoms with van der Waals surface area (Å²) < 4.78 is 24.4. The zero-order chi connectivity index (χ0) is 26.1. The number of ether oxygens (including phenoxy) is 2. The standard InChI is InChI=1S/C29H25FN2O5/c1-36-20-11-12-22(24(15-20)37-2)26-25(27(33)17-7-9-19(30)10-8-17)28(34)29(35)32(26)14-13-18-16-31-23-6-4-3-5-21(18)23/h3-12,15-16,26,31,33H,13-14H2,1-2H3. The summed E-state index contributed by atoms with van der Waals surface area (Å²) in [6.45, 7) is 0.215. The van der Waals surface area contributed by atoms with Crippen molar-refractivity contribution in [1.29, 1.82) is 0 Å². The van der Waals surface area contributed by atoms with Crippen molar-refractivity contribution in [1.82, 2.24) is 9.88 Å². The molecule has 7 nitrogen and oxygen atoms in total. The van der Waals surface area contributed by atoms with Crippen molar-refractivity contribution in [2.24, 2.45) is 0 Å². The van der Waals surface area contributed by atoms with E-state index in [1.165, 1.54) is 43.4 Å².